The van der Waals surface area contributed by atoms with Crippen molar-refractivity contribution >= 4 is 21.6 Å². The number of carbonyl (C=O) groups is 1. The minimum Gasteiger partial charge on any atom is -0.376 e. The zero-order valence-electron chi connectivity index (χ0n) is 17.8. The van der Waals surface area contributed by atoms with Crippen molar-refractivity contribution in [1.29, 1.82) is 0 Å². The van der Waals surface area contributed by atoms with E-state index in [4.69, 9.17) is 4.74 Å². The van der Waals surface area contributed by atoms with E-state index in [-0.39, 0.29) is 23.5 Å². The van der Waals surface area contributed by atoms with Crippen molar-refractivity contribution < 1.29 is 17.9 Å². The third-order valence-electron chi connectivity index (χ3n) is 5.29. The van der Waals surface area contributed by atoms with E-state index in [1.165, 1.54) is 4.31 Å². The SMILES string of the molecule is Cc1ccc(S(=O)(=O)N(CC(=O)NC[C@@H]2CCCO2)c2ccc(C(C)C)cc2)cc1. The van der Waals surface area contributed by atoms with Gasteiger partial charge in [-0.25, -0.2) is 8.42 Å². The van der Waals surface area contributed by atoms with Gasteiger partial charge in [0.25, 0.3) is 10.0 Å². The molecular formula is C23H30N2O4S. The van der Waals surface area contributed by atoms with Gasteiger partial charge in [0.15, 0.2) is 0 Å². The van der Waals surface area contributed by atoms with Crippen LogP contribution >= 0.6 is 0 Å². The van der Waals surface area contributed by atoms with Crippen LogP contribution in [0.1, 0.15) is 43.7 Å². The fourth-order valence-electron chi connectivity index (χ4n) is 3.40. The van der Waals surface area contributed by atoms with Crippen molar-refractivity contribution in [3.8, 4) is 0 Å². The van der Waals surface area contributed by atoms with Gasteiger partial charge in [-0.05, 0) is 55.5 Å². The third kappa shape index (κ3) is 5.40. The average molecular weight is 431 g/mol. The minimum absolute atomic E-state index is 0.00132. The molecule has 1 aliphatic heterocycles. The highest BCUT2D eigenvalue weighted by Crippen LogP contribution is 2.26. The average Bonchev–Trinajstić information content (AvgIpc) is 3.24. The highest BCUT2D eigenvalue weighted by Gasteiger charge is 2.27. The van der Waals surface area contributed by atoms with Crippen LogP contribution in [0, 0.1) is 6.92 Å². The van der Waals surface area contributed by atoms with Crippen LogP contribution in [0.15, 0.2) is 53.4 Å². The third-order valence-corrected chi connectivity index (χ3v) is 7.08. The van der Waals surface area contributed by atoms with E-state index in [0.717, 1.165) is 24.0 Å². The van der Waals surface area contributed by atoms with Crippen LogP contribution < -0.4 is 9.62 Å². The zero-order valence-corrected chi connectivity index (χ0v) is 18.6. The van der Waals surface area contributed by atoms with Crippen LogP contribution in [0.3, 0.4) is 0 Å². The summed E-state index contributed by atoms with van der Waals surface area (Å²) in [5.41, 5.74) is 2.54. The molecule has 1 saturated heterocycles. The van der Waals surface area contributed by atoms with Gasteiger partial charge in [0, 0.05) is 13.2 Å². The van der Waals surface area contributed by atoms with Gasteiger partial charge in [0.1, 0.15) is 6.54 Å². The highest BCUT2D eigenvalue weighted by atomic mass is 32.2. The molecule has 1 amide bonds. The van der Waals surface area contributed by atoms with E-state index in [1.54, 1.807) is 36.4 Å². The van der Waals surface area contributed by atoms with E-state index in [9.17, 15) is 13.2 Å². The van der Waals surface area contributed by atoms with Gasteiger partial charge in [-0.3, -0.25) is 9.10 Å². The number of nitrogens with one attached hydrogen (secondary N) is 1. The summed E-state index contributed by atoms with van der Waals surface area (Å²) in [6.07, 6.45) is 1.89. The maximum atomic E-state index is 13.4. The highest BCUT2D eigenvalue weighted by molar-refractivity contribution is 7.92. The number of hydrogen-bond acceptors (Lipinski definition) is 4. The lowest BCUT2D eigenvalue weighted by atomic mass is 10.0. The molecule has 2 aromatic rings. The Kier molecular flexibility index (Phi) is 7.15. The number of nitrogens with zero attached hydrogens (tertiary/aromatic N) is 1. The molecule has 1 atom stereocenters. The number of anilines is 1. The molecule has 0 radical (unpaired) electrons. The second-order valence-corrected chi connectivity index (χ2v) is 9.87. The fourth-order valence-corrected chi connectivity index (χ4v) is 4.82. The number of sulfonamides is 1. The normalized spacial score (nSPS) is 16.6. The van der Waals surface area contributed by atoms with Crippen molar-refractivity contribution in [2.75, 3.05) is 24.0 Å². The first-order chi connectivity index (χ1) is 14.3. The lowest BCUT2D eigenvalue weighted by molar-refractivity contribution is -0.120. The lowest BCUT2D eigenvalue weighted by Gasteiger charge is -2.25. The predicted molar refractivity (Wildman–Crippen MR) is 118 cm³/mol. The number of hydrogen-bond donors (Lipinski definition) is 1. The molecule has 162 valence electrons. The first-order valence-electron chi connectivity index (χ1n) is 10.3. The summed E-state index contributed by atoms with van der Waals surface area (Å²) in [5, 5.41) is 2.82. The number of rotatable bonds is 8. The molecule has 0 saturated carbocycles. The zero-order chi connectivity index (χ0) is 21.7. The summed E-state index contributed by atoms with van der Waals surface area (Å²) in [6.45, 7) is 6.87. The number of amides is 1. The second kappa shape index (κ2) is 9.62. The van der Waals surface area contributed by atoms with E-state index in [0.29, 0.717) is 24.8 Å². The maximum Gasteiger partial charge on any atom is 0.264 e. The largest absolute Gasteiger partial charge is 0.376 e. The van der Waals surface area contributed by atoms with E-state index in [2.05, 4.69) is 19.2 Å². The molecule has 0 aromatic heterocycles. The standard InChI is InChI=1S/C23H30N2O4S/c1-17(2)19-8-10-20(11-9-19)25(16-23(26)24-15-21-5-4-14-29-21)30(27,28)22-12-6-18(3)7-13-22/h6-13,17,21H,4-5,14-16H2,1-3H3,(H,24,26)/t21-/m0/s1. The molecule has 30 heavy (non-hydrogen) atoms. The van der Waals surface area contributed by atoms with Gasteiger partial charge < -0.3 is 10.1 Å². The Morgan fingerprint density at radius 2 is 1.80 bits per heavy atom. The Hall–Kier alpha value is -2.38. The van der Waals surface area contributed by atoms with Crippen LogP contribution in [0.25, 0.3) is 0 Å². The molecule has 7 heteroatoms. The number of benzene rings is 2. The Morgan fingerprint density at radius 3 is 2.37 bits per heavy atom. The predicted octanol–water partition coefficient (Wildman–Crippen LogP) is 3.61. The first-order valence-corrected chi connectivity index (χ1v) is 11.8. The molecule has 6 nitrogen and oxygen atoms in total. The molecule has 0 spiro atoms. The van der Waals surface area contributed by atoms with Crippen LogP contribution in [0.4, 0.5) is 5.69 Å². The number of ether oxygens (including phenoxy) is 1. The fraction of sp³-hybridized carbons (Fsp3) is 0.435. The lowest BCUT2D eigenvalue weighted by Crippen LogP contribution is -2.42. The molecule has 1 heterocycles. The minimum atomic E-state index is -3.90. The Morgan fingerprint density at radius 1 is 1.13 bits per heavy atom. The second-order valence-electron chi connectivity index (χ2n) is 8.01. The Bertz CT molecular complexity index is 948. The Labute approximate surface area is 179 Å². The van der Waals surface area contributed by atoms with Gasteiger partial charge >= 0.3 is 0 Å². The van der Waals surface area contributed by atoms with Gasteiger partial charge in [-0.2, -0.15) is 0 Å². The Balaban J connectivity index is 1.85. The topological polar surface area (TPSA) is 75.7 Å². The first kappa shape index (κ1) is 22.3. The molecule has 2 aromatic carbocycles. The molecule has 0 aliphatic carbocycles. The van der Waals surface area contributed by atoms with E-state index < -0.39 is 10.0 Å². The molecular weight excluding hydrogens is 400 g/mol. The number of aryl methyl sites for hydroxylation is 1. The molecule has 0 unspecified atom stereocenters. The van der Waals surface area contributed by atoms with Gasteiger partial charge in [0.05, 0.1) is 16.7 Å². The van der Waals surface area contributed by atoms with Crippen molar-refractivity contribution in [2.24, 2.45) is 0 Å². The van der Waals surface area contributed by atoms with Crippen LogP contribution in [0.2, 0.25) is 0 Å². The van der Waals surface area contributed by atoms with Crippen LogP contribution in [-0.4, -0.2) is 40.1 Å². The quantitative estimate of drug-likeness (QED) is 0.694. The molecule has 3 rings (SSSR count). The molecule has 0 bridgehead atoms. The summed E-state index contributed by atoms with van der Waals surface area (Å²) >= 11 is 0. The summed E-state index contributed by atoms with van der Waals surface area (Å²) in [5.74, 6) is -0.0231. The van der Waals surface area contributed by atoms with Crippen molar-refractivity contribution in [1.82, 2.24) is 5.32 Å². The van der Waals surface area contributed by atoms with Crippen molar-refractivity contribution in [2.45, 2.75) is 50.5 Å². The molecule has 1 fully saturated rings. The van der Waals surface area contributed by atoms with E-state index in [1.807, 2.05) is 19.1 Å². The smallest absolute Gasteiger partial charge is 0.264 e. The van der Waals surface area contributed by atoms with Crippen molar-refractivity contribution in [3.05, 3.63) is 59.7 Å². The van der Waals surface area contributed by atoms with Crippen LogP contribution in [-0.2, 0) is 19.6 Å². The number of carbonyl (C=O) groups excluding carboxylic acids is 1. The summed E-state index contributed by atoms with van der Waals surface area (Å²) < 4.78 is 33.5. The van der Waals surface area contributed by atoms with E-state index >= 15 is 0 Å². The van der Waals surface area contributed by atoms with Gasteiger partial charge in [-0.15, -0.1) is 0 Å². The van der Waals surface area contributed by atoms with Gasteiger partial charge in [0.2, 0.25) is 5.91 Å². The van der Waals surface area contributed by atoms with Crippen molar-refractivity contribution in [3.63, 3.8) is 0 Å². The summed E-state index contributed by atoms with van der Waals surface area (Å²) in [7, 11) is -3.90. The maximum absolute atomic E-state index is 13.4. The molecule has 1 aliphatic rings. The monoisotopic (exact) mass is 430 g/mol. The van der Waals surface area contributed by atoms with Gasteiger partial charge in [-0.1, -0.05) is 43.7 Å². The summed E-state index contributed by atoms with van der Waals surface area (Å²) in [6, 6.07) is 14.0. The molecule has 1 N–H and O–H groups in total. The summed E-state index contributed by atoms with van der Waals surface area (Å²) in [4.78, 5) is 12.8. The van der Waals surface area contributed by atoms with Crippen LogP contribution in [0.5, 0.6) is 0 Å².